The Hall–Kier alpha value is -1.10. The van der Waals surface area contributed by atoms with Crippen LogP contribution in [0.5, 0.6) is 0 Å². The summed E-state index contributed by atoms with van der Waals surface area (Å²) in [6, 6.07) is 0. The first-order chi connectivity index (χ1) is 22.5. The molecule has 0 fully saturated rings. The second-order valence-corrected chi connectivity index (χ2v) is 14.6. The molecule has 0 amide bonds. The topological polar surface area (TPSA) is 72.8 Å². The van der Waals surface area contributed by atoms with E-state index < -0.39 is 6.10 Å². The summed E-state index contributed by atoms with van der Waals surface area (Å²) in [6.45, 7) is 6.68. The molecule has 1 N–H and O–H groups in total. The predicted octanol–water partition coefficient (Wildman–Crippen LogP) is 12.6. The predicted molar refractivity (Wildman–Crippen MR) is 196 cm³/mol. The van der Waals surface area contributed by atoms with Crippen molar-refractivity contribution in [3.05, 3.63) is 0 Å². The molecule has 0 rings (SSSR count). The normalized spacial score (nSPS) is 12.1. The Morgan fingerprint density at radius 1 is 0.435 bits per heavy atom. The average molecular weight is 653 g/mol. The maximum atomic E-state index is 12.0. The van der Waals surface area contributed by atoms with Crippen molar-refractivity contribution in [3.63, 3.8) is 0 Å². The van der Waals surface area contributed by atoms with Gasteiger partial charge in [0.25, 0.3) is 0 Å². The Kier molecular flexibility index (Phi) is 35.9. The summed E-state index contributed by atoms with van der Waals surface area (Å²) in [5.41, 5.74) is 0. The van der Waals surface area contributed by atoms with E-state index in [1.807, 2.05) is 0 Å². The number of carbonyl (C=O) groups excluding carboxylic acids is 2. The quantitative estimate of drug-likeness (QED) is 0.0534. The van der Waals surface area contributed by atoms with Crippen LogP contribution >= 0.6 is 0 Å². The molecule has 0 aromatic rings. The van der Waals surface area contributed by atoms with Crippen LogP contribution in [0, 0.1) is 5.92 Å². The smallest absolute Gasteiger partial charge is 0.305 e. The maximum Gasteiger partial charge on any atom is 0.305 e. The van der Waals surface area contributed by atoms with Crippen molar-refractivity contribution < 1.29 is 24.2 Å². The molecule has 0 unspecified atom stereocenters. The number of hydrogen-bond donors (Lipinski definition) is 1. The minimum atomic E-state index is -0.955. The van der Waals surface area contributed by atoms with Crippen LogP contribution in [0.15, 0.2) is 0 Å². The van der Waals surface area contributed by atoms with Gasteiger partial charge in [-0.25, -0.2) is 0 Å². The molecular weight excluding hydrogens is 572 g/mol. The van der Waals surface area contributed by atoms with Crippen molar-refractivity contribution in [1.29, 1.82) is 0 Å². The third-order valence-corrected chi connectivity index (χ3v) is 9.27. The fourth-order valence-electron chi connectivity index (χ4n) is 6.15. The number of aliphatic hydroxyl groups excluding tert-OH is 1. The molecule has 5 nitrogen and oxygen atoms in total. The van der Waals surface area contributed by atoms with E-state index in [4.69, 9.17) is 9.47 Å². The van der Waals surface area contributed by atoms with E-state index in [9.17, 15) is 14.7 Å². The zero-order chi connectivity index (χ0) is 33.8. The highest BCUT2D eigenvalue weighted by molar-refractivity contribution is 5.69. The summed E-state index contributed by atoms with van der Waals surface area (Å²) in [5.74, 6) is 0.298. The number of esters is 2. The monoisotopic (exact) mass is 653 g/mol. The standard InChI is InChI=1S/C41H80O5/c1-4-5-6-7-8-9-10-11-12-13-16-19-22-25-28-31-34-40(43)45-36-39(42)37-46-41(44)35-32-29-26-23-20-17-14-15-18-21-24-27-30-33-38(2)3/h38-39,42H,4-37H2,1-3H3/t39-/m1/s1. The molecule has 0 aliphatic heterocycles. The van der Waals surface area contributed by atoms with E-state index in [-0.39, 0.29) is 25.2 Å². The molecule has 5 heteroatoms. The fraction of sp³-hybridized carbons (Fsp3) is 0.951. The Labute approximate surface area is 287 Å². The minimum absolute atomic E-state index is 0.108. The van der Waals surface area contributed by atoms with Gasteiger partial charge in [-0.05, 0) is 18.8 Å². The van der Waals surface area contributed by atoms with Gasteiger partial charge in [0.2, 0.25) is 0 Å². The number of unbranched alkanes of at least 4 members (excludes halogenated alkanes) is 27. The van der Waals surface area contributed by atoms with Crippen LogP contribution in [0.3, 0.4) is 0 Å². The first kappa shape index (κ1) is 44.9. The molecule has 0 aliphatic rings. The van der Waals surface area contributed by atoms with Gasteiger partial charge in [-0.1, -0.05) is 201 Å². The van der Waals surface area contributed by atoms with Crippen LogP contribution in [0.1, 0.15) is 226 Å². The second-order valence-electron chi connectivity index (χ2n) is 14.6. The van der Waals surface area contributed by atoms with Gasteiger partial charge < -0.3 is 14.6 Å². The van der Waals surface area contributed by atoms with Crippen molar-refractivity contribution in [2.45, 2.75) is 232 Å². The SMILES string of the molecule is CCCCCCCCCCCCCCCCCCC(=O)OC[C@@H](O)COC(=O)CCCCCCCCCCCCCCCC(C)C. The number of aliphatic hydroxyl groups is 1. The number of ether oxygens (including phenoxy) is 2. The van der Waals surface area contributed by atoms with E-state index in [2.05, 4.69) is 20.8 Å². The highest BCUT2D eigenvalue weighted by Crippen LogP contribution is 2.16. The maximum absolute atomic E-state index is 12.0. The lowest BCUT2D eigenvalue weighted by Gasteiger charge is -2.12. The largest absolute Gasteiger partial charge is 0.463 e. The molecule has 274 valence electrons. The molecule has 0 spiro atoms. The Morgan fingerprint density at radius 3 is 0.978 bits per heavy atom. The van der Waals surface area contributed by atoms with Crippen molar-refractivity contribution in [3.8, 4) is 0 Å². The number of carbonyl (C=O) groups is 2. The zero-order valence-electron chi connectivity index (χ0n) is 31.3. The summed E-state index contributed by atoms with van der Waals surface area (Å²) < 4.78 is 10.3. The lowest BCUT2D eigenvalue weighted by Crippen LogP contribution is -2.25. The van der Waals surface area contributed by atoms with Gasteiger partial charge >= 0.3 is 11.9 Å². The number of rotatable bonds is 37. The van der Waals surface area contributed by atoms with Gasteiger partial charge in [0.1, 0.15) is 19.3 Å². The molecule has 0 aromatic heterocycles. The lowest BCUT2D eigenvalue weighted by atomic mass is 10.0. The fourth-order valence-corrected chi connectivity index (χ4v) is 6.15. The van der Waals surface area contributed by atoms with E-state index in [0.717, 1.165) is 31.6 Å². The molecular formula is C41H80O5. The van der Waals surface area contributed by atoms with Crippen LogP contribution in [0.2, 0.25) is 0 Å². The highest BCUT2D eigenvalue weighted by atomic mass is 16.6. The Bertz CT molecular complexity index is 634. The summed E-state index contributed by atoms with van der Waals surface area (Å²) in [6.07, 6.45) is 38.7. The summed E-state index contributed by atoms with van der Waals surface area (Å²) >= 11 is 0. The van der Waals surface area contributed by atoms with E-state index in [1.54, 1.807) is 0 Å². The molecule has 0 heterocycles. The van der Waals surface area contributed by atoms with E-state index in [1.165, 1.54) is 167 Å². The van der Waals surface area contributed by atoms with Gasteiger partial charge in [0, 0.05) is 12.8 Å². The Morgan fingerprint density at radius 2 is 0.696 bits per heavy atom. The van der Waals surface area contributed by atoms with Gasteiger partial charge in [-0.2, -0.15) is 0 Å². The lowest BCUT2D eigenvalue weighted by molar-refractivity contribution is -0.152. The Balaban J connectivity index is 3.37. The van der Waals surface area contributed by atoms with Gasteiger partial charge in [0.05, 0.1) is 0 Å². The van der Waals surface area contributed by atoms with Crippen LogP contribution in [-0.4, -0.2) is 36.4 Å². The minimum Gasteiger partial charge on any atom is -0.463 e. The highest BCUT2D eigenvalue weighted by Gasteiger charge is 2.12. The average Bonchev–Trinajstić information content (AvgIpc) is 3.04. The van der Waals surface area contributed by atoms with Crippen molar-refractivity contribution >= 4 is 11.9 Å². The molecule has 1 atom stereocenters. The molecule has 0 aromatic carbocycles. The molecule has 0 saturated heterocycles. The van der Waals surface area contributed by atoms with Gasteiger partial charge in [0.15, 0.2) is 0 Å². The van der Waals surface area contributed by atoms with Gasteiger partial charge in [-0.15, -0.1) is 0 Å². The van der Waals surface area contributed by atoms with Crippen LogP contribution in [0.25, 0.3) is 0 Å². The third-order valence-electron chi connectivity index (χ3n) is 9.27. The van der Waals surface area contributed by atoms with Crippen LogP contribution in [0.4, 0.5) is 0 Å². The first-order valence-electron chi connectivity index (χ1n) is 20.4. The van der Waals surface area contributed by atoms with E-state index in [0.29, 0.717) is 12.8 Å². The van der Waals surface area contributed by atoms with Gasteiger partial charge in [-0.3, -0.25) is 9.59 Å². The van der Waals surface area contributed by atoms with Crippen LogP contribution < -0.4 is 0 Å². The summed E-state index contributed by atoms with van der Waals surface area (Å²) in [5, 5.41) is 10.0. The zero-order valence-corrected chi connectivity index (χ0v) is 31.3. The second kappa shape index (κ2) is 36.7. The molecule has 0 bridgehead atoms. The molecule has 0 saturated carbocycles. The van der Waals surface area contributed by atoms with Crippen molar-refractivity contribution in [2.24, 2.45) is 5.92 Å². The van der Waals surface area contributed by atoms with Crippen LogP contribution in [-0.2, 0) is 19.1 Å². The first-order valence-corrected chi connectivity index (χ1v) is 20.4. The molecule has 46 heavy (non-hydrogen) atoms. The summed E-state index contributed by atoms with van der Waals surface area (Å²) in [7, 11) is 0. The molecule has 0 radical (unpaired) electrons. The summed E-state index contributed by atoms with van der Waals surface area (Å²) in [4.78, 5) is 23.9. The molecule has 0 aliphatic carbocycles. The van der Waals surface area contributed by atoms with Crippen molar-refractivity contribution in [1.82, 2.24) is 0 Å². The van der Waals surface area contributed by atoms with E-state index >= 15 is 0 Å². The number of hydrogen-bond acceptors (Lipinski definition) is 5. The van der Waals surface area contributed by atoms with Crippen molar-refractivity contribution in [2.75, 3.05) is 13.2 Å². The third kappa shape index (κ3) is 37.4.